The first-order valence-electron chi connectivity index (χ1n) is 12.5. The van der Waals surface area contributed by atoms with E-state index in [-0.39, 0.29) is 0 Å². The Morgan fingerprint density at radius 2 is 0.812 bits per heavy atom. The molecule has 2 aromatic carbocycles. The third-order valence-corrected chi connectivity index (χ3v) is 9.86. The molecule has 0 radical (unpaired) electrons. The highest BCUT2D eigenvalue weighted by Gasteiger charge is 2.23. The van der Waals surface area contributed by atoms with E-state index < -0.39 is 0 Å². The Morgan fingerprint density at radius 1 is 0.500 bits per heavy atom. The van der Waals surface area contributed by atoms with E-state index in [2.05, 4.69) is 91.8 Å². The lowest BCUT2D eigenvalue weighted by molar-refractivity contribution is -0.936. The minimum atomic E-state index is 1.13. The Bertz CT molecular complexity index is 766. The third kappa shape index (κ3) is 7.28. The van der Waals surface area contributed by atoms with E-state index in [1.165, 1.54) is 71.3 Å². The summed E-state index contributed by atoms with van der Waals surface area (Å²) in [5.74, 6) is 0. The molecule has 0 heterocycles. The number of hydrogen-bond donors (Lipinski definition) is 0. The van der Waals surface area contributed by atoms with Crippen LogP contribution in [-0.2, 0) is 13.1 Å². The van der Waals surface area contributed by atoms with E-state index in [1.54, 1.807) is 0 Å². The summed E-state index contributed by atoms with van der Waals surface area (Å²) in [6.07, 6.45) is 0. The van der Waals surface area contributed by atoms with Gasteiger partial charge in [0.25, 0.3) is 0 Å². The van der Waals surface area contributed by atoms with Crippen molar-refractivity contribution in [1.29, 1.82) is 0 Å². The van der Waals surface area contributed by atoms with Crippen molar-refractivity contribution in [2.75, 3.05) is 39.3 Å². The second-order valence-electron chi connectivity index (χ2n) is 9.37. The van der Waals surface area contributed by atoms with Gasteiger partial charge >= 0.3 is 0 Å². The van der Waals surface area contributed by atoms with Crippen LogP contribution in [0, 0.1) is 13.8 Å². The summed E-state index contributed by atoms with van der Waals surface area (Å²) < 4.78 is 2.32. The zero-order valence-electron chi connectivity index (χ0n) is 21.8. The van der Waals surface area contributed by atoms with Crippen LogP contribution >= 0.6 is 21.6 Å². The molecule has 0 aromatic heterocycles. The molecule has 2 rings (SSSR count). The van der Waals surface area contributed by atoms with Crippen LogP contribution in [0.25, 0.3) is 0 Å². The third-order valence-electron chi connectivity index (χ3n) is 7.52. The second-order valence-corrected chi connectivity index (χ2v) is 11.6. The van der Waals surface area contributed by atoms with Gasteiger partial charge in [-0.3, -0.25) is 0 Å². The monoisotopic (exact) mass is 474 g/mol. The molecule has 0 saturated heterocycles. The molecule has 0 bridgehead atoms. The van der Waals surface area contributed by atoms with Crippen molar-refractivity contribution in [3.8, 4) is 0 Å². The van der Waals surface area contributed by atoms with Gasteiger partial charge in [0.15, 0.2) is 0 Å². The minimum absolute atomic E-state index is 1.13. The summed E-state index contributed by atoms with van der Waals surface area (Å²) in [5, 5.41) is 0. The molecule has 0 saturated carbocycles. The highest BCUT2D eigenvalue weighted by atomic mass is 33.1. The number of hydrogen-bond acceptors (Lipinski definition) is 2. The first-order valence-corrected chi connectivity index (χ1v) is 14.7. The topological polar surface area (TPSA) is 0 Å². The molecule has 178 valence electrons. The number of quaternary nitrogens is 2. The fourth-order valence-electron chi connectivity index (χ4n) is 4.81. The predicted molar refractivity (Wildman–Crippen MR) is 145 cm³/mol. The lowest BCUT2D eigenvalue weighted by Gasteiger charge is -2.36. The predicted octanol–water partition coefficient (Wildman–Crippen LogP) is 7.86. The quantitative estimate of drug-likeness (QED) is 0.214. The Balaban J connectivity index is 2.18. The fraction of sp³-hybridized carbons (Fsp3) is 0.571. The molecular formula is C28H46N2S2+2. The summed E-state index contributed by atoms with van der Waals surface area (Å²) in [4.78, 5) is 2.74. The zero-order valence-corrected chi connectivity index (χ0v) is 23.5. The van der Waals surface area contributed by atoms with Crippen molar-refractivity contribution >= 4 is 21.6 Å². The van der Waals surface area contributed by atoms with E-state index in [1.807, 2.05) is 21.6 Å². The fourth-order valence-corrected chi connectivity index (χ4v) is 7.03. The summed E-state index contributed by atoms with van der Waals surface area (Å²) in [5.41, 5.74) is 5.68. The molecule has 0 aliphatic carbocycles. The molecule has 2 nitrogen and oxygen atoms in total. The minimum Gasteiger partial charge on any atom is -0.321 e. The van der Waals surface area contributed by atoms with Crippen LogP contribution in [-0.4, -0.2) is 48.2 Å². The Labute approximate surface area is 206 Å². The largest absolute Gasteiger partial charge is 0.321 e. The van der Waals surface area contributed by atoms with Gasteiger partial charge in [-0.15, -0.1) is 0 Å². The van der Waals surface area contributed by atoms with Gasteiger partial charge in [-0.1, -0.05) is 33.7 Å². The molecule has 0 fully saturated rings. The zero-order chi connectivity index (χ0) is 23.8. The van der Waals surface area contributed by atoms with E-state index in [9.17, 15) is 0 Å². The number of nitrogens with zero attached hydrogens (tertiary/aromatic N) is 2. The van der Waals surface area contributed by atoms with Gasteiger partial charge in [-0.25, -0.2) is 0 Å². The van der Waals surface area contributed by atoms with Crippen molar-refractivity contribution in [3.63, 3.8) is 0 Å². The van der Waals surface area contributed by atoms with Gasteiger partial charge in [0.1, 0.15) is 13.1 Å². The maximum Gasteiger partial charge on any atom is 0.104 e. The Kier molecular flexibility index (Phi) is 10.7. The number of rotatable bonds is 13. The molecule has 0 unspecified atom stereocenters. The summed E-state index contributed by atoms with van der Waals surface area (Å²) in [6, 6.07) is 14.3. The molecule has 4 heteroatoms. The normalized spacial score (nSPS) is 12.4. The van der Waals surface area contributed by atoms with Crippen LogP contribution in [0.5, 0.6) is 0 Å². The lowest BCUT2D eigenvalue weighted by Crippen LogP contribution is -2.46. The Hall–Kier alpha value is -0.940. The molecule has 2 aromatic rings. The van der Waals surface area contributed by atoms with Crippen molar-refractivity contribution in [2.45, 2.75) is 78.3 Å². The molecule has 32 heavy (non-hydrogen) atoms. The van der Waals surface area contributed by atoms with E-state index in [4.69, 9.17) is 0 Å². The van der Waals surface area contributed by atoms with E-state index >= 15 is 0 Å². The van der Waals surface area contributed by atoms with Crippen LogP contribution in [0.2, 0.25) is 0 Å². The van der Waals surface area contributed by atoms with Crippen LogP contribution in [0.3, 0.4) is 0 Å². The average Bonchev–Trinajstić information content (AvgIpc) is 2.79. The standard InChI is InChI=1S/C28H46N2S2/c1-9-29(10-2,11-3)21-25-15-23(7)17-27(19-25)31-32-28-18-24(8)16-26(20-28)22-30(12-4,13-5)14-6/h15-20H,9-14,21-22H2,1-8H3/q+2. The van der Waals surface area contributed by atoms with Crippen LogP contribution < -0.4 is 0 Å². The Morgan fingerprint density at radius 3 is 1.09 bits per heavy atom. The highest BCUT2D eigenvalue weighted by molar-refractivity contribution is 8.76. The summed E-state index contributed by atoms with van der Waals surface area (Å²) in [7, 11) is 3.82. The van der Waals surface area contributed by atoms with Crippen molar-refractivity contribution in [1.82, 2.24) is 0 Å². The molecule has 0 spiro atoms. The number of benzene rings is 2. The van der Waals surface area contributed by atoms with Gasteiger partial charge in [0, 0.05) is 20.9 Å². The number of aryl methyl sites for hydroxylation is 2. The summed E-state index contributed by atoms with van der Waals surface area (Å²) >= 11 is 0. The van der Waals surface area contributed by atoms with Gasteiger partial charge in [0.2, 0.25) is 0 Å². The smallest absolute Gasteiger partial charge is 0.104 e. The van der Waals surface area contributed by atoms with Gasteiger partial charge in [0.05, 0.1) is 39.3 Å². The second kappa shape index (κ2) is 12.5. The first-order chi connectivity index (χ1) is 15.3. The van der Waals surface area contributed by atoms with Crippen molar-refractivity contribution in [3.05, 3.63) is 58.7 Å². The van der Waals surface area contributed by atoms with E-state index in [0.29, 0.717) is 0 Å². The maximum absolute atomic E-state index is 2.42. The molecule has 0 amide bonds. The highest BCUT2D eigenvalue weighted by Crippen LogP contribution is 2.39. The van der Waals surface area contributed by atoms with Gasteiger partial charge < -0.3 is 8.97 Å². The SMILES string of the molecule is CC[N+](CC)(CC)Cc1cc(C)cc(SSc2cc(C)cc(C[N+](CC)(CC)CC)c2)c1. The van der Waals surface area contributed by atoms with Crippen LogP contribution in [0.4, 0.5) is 0 Å². The van der Waals surface area contributed by atoms with Crippen molar-refractivity contribution < 1.29 is 8.97 Å². The van der Waals surface area contributed by atoms with Gasteiger partial charge in [-0.2, -0.15) is 0 Å². The van der Waals surface area contributed by atoms with Crippen molar-refractivity contribution in [2.24, 2.45) is 0 Å². The lowest BCUT2D eigenvalue weighted by atomic mass is 10.1. The molecular weight excluding hydrogens is 428 g/mol. The van der Waals surface area contributed by atoms with E-state index in [0.717, 1.165) is 22.1 Å². The average molecular weight is 475 g/mol. The first kappa shape index (κ1) is 27.3. The molecule has 0 aliphatic rings. The van der Waals surface area contributed by atoms with Crippen LogP contribution in [0.1, 0.15) is 63.8 Å². The summed E-state index contributed by atoms with van der Waals surface area (Å²) in [6.45, 7) is 27.8. The molecule has 0 N–H and O–H groups in total. The van der Waals surface area contributed by atoms with Crippen LogP contribution in [0.15, 0.2) is 46.2 Å². The maximum atomic E-state index is 2.42. The molecule has 0 aliphatic heterocycles. The molecule has 0 atom stereocenters. The van der Waals surface area contributed by atoms with Gasteiger partial charge in [-0.05, 0) is 90.8 Å².